The highest BCUT2D eigenvalue weighted by molar-refractivity contribution is 5.40. The summed E-state index contributed by atoms with van der Waals surface area (Å²) in [6, 6.07) is 3.02. The van der Waals surface area contributed by atoms with Crippen LogP contribution in [-0.4, -0.2) is 15.3 Å². The van der Waals surface area contributed by atoms with E-state index in [0.29, 0.717) is 11.1 Å². The Morgan fingerprint density at radius 2 is 1.83 bits per heavy atom. The minimum Gasteiger partial charge on any atom is -0.508 e. The van der Waals surface area contributed by atoms with Crippen LogP contribution in [0.2, 0.25) is 0 Å². The van der Waals surface area contributed by atoms with Gasteiger partial charge in [0.2, 0.25) is 0 Å². The number of hydrogen-bond donors (Lipinski definition) is 3. The molecule has 3 nitrogen and oxygen atoms in total. The lowest BCUT2D eigenvalue weighted by Gasteiger charge is -2.08. The van der Waals surface area contributed by atoms with Gasteiger partial charge in [-0.25, -0.2) is 0 Å². The third-order valence-electron chi connectivity index (χ3n) is 1.88. The molecule has 0 saturated heterocycles. The van der Waals surface area contributed by atoms with Gasteiger partial charge >= 0.3 is 0 Å². The van der Waals surface area contributed by atoms with E-state index in [1.807, 2.05) is 0 Å². The maximum absolute atomic E-state index is 9.15. The van der Waals surface area contributed by atoms with Gasteiger partial charge in [-0.15, -0.1) is 0 Å². The van der Waals surface area contributed by atoms with Crippen LogP contribution in [-0.2, 0) is 13.2 Å². The SMILES string of the molecule is Cc1cc(O)cc(CO)c1CO. The van der Waals surface area contributed by atoms with E-state index < -0.39 is 0 Å². The summed E-state index contributed by atoms with van der Waals surface area (Å²) >= 11 is 0. The molecule has 0 spiro atoms. The second-order valence-corrected chi connectivity index (χ2v) is 2.72. The number of aliphatic hydroxyl groups excluding tert-OH is 2. The predicted octanol–water partition coefficient (Wildman–Crippen LogP) is 0.685. The van der Waals surface area contributed by atoms with Crippen molar-refractivity contribution in [1.29, 1.82) is 0 Å². The van der Waals surface area contributed by atoms with Crippen LogP contribution in [0.3, 0.4) is 0 Å². The van der Waals surface area contributed by atoms with E-state index in [4.69, 9.17) is 15.3 Å². The van der Waals surface area contributed by atoms with Gasteiger partial charge in [-0.3, -0.25) is 0 Å². The molecule has 0 fully saturated rings. The van der Waals surface area contributed by atoms with Crippen molar-refractivity contribution in [2.75, 3.05) is 0 Å². The van der Waals surface area contributed by atoms with Crippen molar-refractivity contribution < 1.29 is 15.3 Å². The van der Waals surface area contributed by atoms with E-state index in [-0.39, 0.29) is 19.0 Å². The zero-order chi connectivity index (χ0) is 9.14. The fraction of sp³-hybridized carbons (Fsp3) is 0.333. The summed E-state index contributed by atoms with van der Waals surface area (Å²) in [6.07, 6.45) is 0. The predicted molar refractivity (Wildman–Crippen MR) is 44.7 cm³/mol. The molecule has 1 aromatic carbocycles. The van der Waals surface area contributed by atoms with Crippen LogP contribution in [0.4, 0.5) is 0 Å². The van der Waals surface area contributed by atoms with Gasteiger partial charge in [-0.2, -0.15) is 0 Å². The van der Waals surface area contributed by atoms with Crippen LogP contribution in [0.5, 0.6) is 5.75 Å². The number of rotatable bonds is 2. The summed E-state index contributed by atoms with van der Waals surface area (Å²) in [4.78, 5) is 0. The van der Waals surface area contributed by atoms with E-state index in [1.54, 1.807) is 13.0 Å². The first kappa shape index (κ1) is 9.03. The van der Waals surface area contributed by atoms with E-state index in [0.717, 1.165) is 5.56 Å². The minimum absolute atomic E-state index is 0.109. The van der Waals surface area contributed by atoms with Gasteiger partial charge in [0.05, 0.1) is 13.2 Å². The Morgan fingerprint density at radius 1 is 1.17 bits per heavy atom. The van der Waals surface area contributed by atoms with Crippen molar-refractivity contribution in [3.63, 3.8) is 0 Å². The third kappa shape index (κ3) is 1.57. The van der Waals surface area contributed by atoms with Crippen LogP contribution in [0.15, 0.2) is 12.1 Å². The molecule has 66 valence electrons. The minimum atomic E-state index is -0.162. The molecule has 0 radical (unpaired) electrons. The van der Waals surface area contributed by atoms with Crippen molar-refractivity contribution >= 4 is 0 Å². The Morgan fingerprint density at radius 3 is 2.33 bits per heavy atom. The zero-order valence-electron chi connectivity index (χ0n) is 6.91. The molecule has 1 aromatic rings. The van der Waals surface area contributed by atoms with Crippen LogP contribution in [0, 0.1) is 6.92 Å². The molecule has 3 heteroatoms. The van der Waals surface area contributed by atoms with Crippen molar-refractivity contribution in [3.8, 4) is 5.75 Å². The highest BCUT2D eigenvalue weighted by atomic mass is 16.3. The lowest BCUT2D eigenvalue weighted by molar-refractivity contribution is 0.258. The quantitative estimate of drug-likeness (QED) is 0.608. The molecule has 1 rings (SSSR count). The van der Waals surface area contributed by atoms with Gasteiger partial charge in [-0.05, 0) is 35.7 Å². The standard InChI is InChI=1S/C9H12O3/c1-6-2-8(12)3-7(4-10)9(6)5-11/h2-3,10-12H,4-5H2,1H3. The first-order valence-electron chi connectivity index (χ1n) is 3.72. The summed E-state index contributed by atoms with van der Waals surface area (Å²) < 4.78 is 0. The first-order chi connectivity index (χ1) is 5.69. The molecule has 0 heterocycles. The first-order valence-corrected chi connectivity index (χ1v) is 3.72. The molecule has 12 heavy (non-hydrogen) atoms. The molecular weight excluding hydrogens is 156 g/mol. The molecule has 0 unspecified atom stereocenters. The van der Waals surface area contributed by atoms with Gasteiger partial charge in [0.25, 0.3) is 0 Å². The lowest BCUT2D eigenvalue weighted by atomic mass is 10.0. The smallest absolute Gasteiger partial charge is 0.116 e. The number of aliphatic hydroxyl groups is 2. The molecule has 0 aliphatic carbocycles. The highest BCUT2D eigenvalue weighted by Gasteiger charge is 2.05. The molecule has 3 N–H and O–H groups in total. The fourth-order valence-electron chi connectivity index (χ4n) is 1.24. The molecule has 0 aliphatic rings. The largest absolute Gasteiger partial charge is 0.508 e. The summed E-state index contributed by atoms with van der Waals surface area (Å²) in [6.45, 7) is 1.51. The third-order valence-corrected chi connectivity index (χ3v) is 1.88. The molecule has 0 aliphatic heterocycles. The Balaban J connectivity index is 3.24. The molecule has 0 aromatic heterocycles. The summed E-state index contributed by atoms with van der Waals surface area (Å²) in [5.41, 5.74) is 2.06. The lowest BCUT2D eigenvalue weighted by Crippen LogP contribution is -1.96. The van der Waals surface area contributed by atoms with Crippen molar-refractivity contribution in [2.24, 2.45) is 0 Å². The molecule has 0 atom stereocenters. The average molecular weight is 168 g/mol. The van der Waals surface area contributed by atoms with E-state index in [9.17, 15) is 0 Å². The fourth-order valence-corrected chi connectivity index (χ4v) is 1.24. The molecule has 0 bridgehead atoms. The van der Waals surface area contributed by atoms with Gasteiger partial charge < -0.3 is 15.3 Å². The van der Waals surface area contributed by atoms with Crippen molar-refractivity contribution in [1.82, 2.24) is 0 Å². The Hall–Kier alpha value is -1.06. The van der Waals surface area contributed by atoms with Gasteiger partial charge in [-0.1, -0.05) is 0 Å². The zero-order valence-corrected chi connectivity index (χ0v) is 6.91. The van der Waals surface area contributed by atoms with Crippen LogP contribution in [0.1, 0.15) is 16.7 Å². The van der Waals surface area contributed by atoms with Gasteiger partial charge in [0.1, 0.15) is 5.75 Å². The maximum atomic E-state index is 9.15. The van der Waals surface area contributed by atoms with Crippen molar-refractivity contribution in [3.05, 3.63) is 28.8 Å². The summed E-state index contributed by atoms with van der Waals surface area (Å²) in [5, 5.41) is 27.0. The Bertz CT molecular complexity index is 281. The second-order valence-electron chi connectivity index (χ2n) is 2.72. The van der Waals surface area contributed by atoms with Gasteiger partial charge in [0.15, 0.2) is 0 Å². The summed E-state index contributed by atoms with van der Waals surface area (Å²) in [7, 11) is 0. The molecular formula is C9H12O3. The van der Waals surface area contributed by atoms with E-state index in [1.165, 1.54) is 6.07 Å². The summed E-state index contributed by atoms with van der Waals surface area (Å²) in [5.74, 6) is 0.119. The number of phenols is 1. The Labute approximate surface area is 70.9 Å². The Kier molecular flexibility index (Phi) is 2.68. The molecule has 0 saturated carbocycles. The second kappa shape index (κ2) is 3.56. The van der Waals surface area contributed by atoms with Crippen LogP contribution < -0.4 is 0 Å². The van der Waals surface area contributed by atoms with Gasteiger partial charge in [0, 0.05) is 0 Å². The average Bonchev–Trinajstić information content (AvgIpc) is 2.03. The van der Waals surface area contributed by atoms with E-state index in [2.05, 4.69) is 0 Å². The maximum Gasteiger partial charge on any atom is 0.116 e. The highest BCUT2D eigenvalue weighted by Crippen LogP contribution is 2.21. The number of benzene rings is 1. The topological polar surface area (TPSA) is 60.7 Å². The number of aromatic hydroxyl groups is 1. The molecule has 0 amide bonds. The normalized spacial score (nSPS) is 10.2. The van der Waals surface area contributed by atoms with E-state index >= 15 is 0 Å². The van der Waals surface area contributed by atoms with Crippen LogP contribution in [0.25, 0.3) is 0 Å². The number of hydrogen-bond acceptors (Lipinski definition) is 3. The monoisotopic (exact) mass is 168 g/mol. The number of aryl methyl sites for hydroxylation is 1. The van der Waals surface area contributed by atoms with Crippen molar-refractivity contribution in [2.45, 2.75) is 20.1 Å². The van der Waals surface area contributed by atoms with Crippen LogP contribution >= 0.6 is 0 Å². The number of phenolic OH excluding ortho intramolecular Hbond substituents is 1.